The van der Waals surface area contributed by atoms with Crippen LogP contribution >= 0.6 is 11.6 Å². The van der Waals surface area contributed by atoms with Gasteiger partial charge < -0.3 is 10.4 Å². The first-order valence-corrected chi connectivity index (χ1v) is 5.36. The Morgan fingerprint density at radius 1 is 1.47 bits per heavy atom. The summed E-state index contributed by atoms with van der Waals surface area (Å²) in [5.74, 6) is 0.172. The van der Waals surface area contributed by atoms with E-state index in [0.717, 1.165) is 25.1 Å². The first-order chi connectivity index (χ1) is 7.86. The molecule has 3 nitrogen and oxygen atoms in total. The van der Waals surface area contributed by atoms with E-state index >= 15 is 0 Å². The third kappa shape index (κ3) is 2.63. The summed E-state index contributed by atoms with van der Waals surface area (Å²) >= 11 is 5.72. The molecule has 0 radical (unpaired) electrons. The summed E-state index contributed by atoms with van der Waals surface area (Å²) in [5.41, 5.74) is -1.35. The Balaban J connectivity index is 2.20. The summed E-state index contributed by atoms with van der Waals surface area (Å²) in [6, 6.07) is 0.824. The highest BCUT2D eigenvalue weighted by molar-refractivity contribution is 6.33. The van der Waals surface area contributed by atoms with Gasteiger partial charge in [0, 0.05) is 6.20 Å². The molecule has 0 unspecified atom stereocenters. The largest absolute Gasteiger partial charge is 0.417 e. The number of halogens is 4. The number of aliphatic hydroxyl groups excluding tert-OH is 1. The molecule has 0 aromatic carbocycles. The summed E-state index contributed by atoms with van der Waals surface area (Å²) in [6.45, 7) is -0.0912. The molecule has 0 amide bonds. The van der Waals surface area contributed by atoms with Gasteiger partial charge in [0.1, 0.15) is 5.82 Å². The van der Waals surface area contributed by atoms with E-state index in [1.165, 1.54) is 0 Å². The van der Waals surface area contributed by atoms with Crippen LogP contribution in [-0.4, -0.2) is 22.2 Å². The average Bonchev–Trinajstić information content (AvgIpc) is 3.00. The number of hydrogen-bond acceptors (Lipinski definition) is 3. The fourth-order valence-corrected chi connectivity index (χ4v) is 1.62. The van der Waals surface area contributed by atoms with Crippen LogP contribution in [0.3, 0.4) is 0 Å². The minimum Gasteiger partial charge on any atom is -0.394 e. The molecule has 2 rings (SSSR count). The lowest BCUT2D eigenvalue weighted by Gasteiger charge is -2.16. The number of aliphatic hydroxyl groups is 1. The van der Waals surface area contributed by atoms with Crippen LogP contribution in [0.15, 0.2) is 12.3 Å². The van der Waals surface area contributed by atoms with Crippen molar-refractivity contribution in [3.05, 3.63) is 22.8 Å². The second-order valence-corrected chi connectivity index (χ2v) is 4.52. The van der Waals surface area contributed by atoms with E-state index in [0.29, 0.717) is 0 Å². The average molecular weight is 267 g/mol. The molecule has 1 aliphatic rings. The highest BCUT2D eigenvalue weighted by atomic mass is 35.5. The van der Waals surface area contributed by atoms with Crippen LogP contribution in [0.1, 0.15) is 18.4 Å². The molecule has 1 aromatic heterocycles. The second-order valence-electron chi connectivity index (χ2n) is 4.12. The van der Waals surface area contributed by atoms with E-state index in [1.54, 1.807) is 0 Å². The van der Waals surface area contributed by atoms with Gasteiger partial charge in [-0.15, -0.1) is 0 Å². The maximum Gasteiger partial charge on any atom is 0.417 e. The van der Waals surface area contributed by atoms with Gasteiger partial charge >= 0.3 is 6.18 Å². The quantitative estimate of drug-likeness (QED) is 0.884. The van der Waals surface area contributed by atoms with Gasteiger partial charge in [-0.05, 0) is 18.9 Å². The molecule has 0 atom stereocenters. The molecule has 94 valence electrons. The summed E-state index contributed by atoms with van der Waals surface area (Å²) in [6.07, 6.45) is -2.23. The van der Waals surface area contributed by atoms with E-state index in [1.807, 2.05) is 0 Å². The Hall–Kier alpha value is -1.01. The van der Waals surface area contributed by atoms with Gasteiger partial charge in [-0.3, -0.25) is 0 Å². The fourth-order valence-electron chi connectivity index (χ4n) is 1.41. The maximum atomic E-state index is 12.4. The molecule has 1 heterocycles. The standard InChI is InChI=1S/C10H10ClF3N2O/c11-7-3-6(10(12,13)14)4-15-8(7)16-9(5-17)1-2-9/h3-4,17H,1-2,5H2,(H,15,16). The predicted octanol–water partition coefficient (Wildman–Crippen LogP) is 2.69. The highest BCUT2D eigenvalue weighted by Gasteiger charge is 2.43. The number of nitrogens with zero attached hydrogens (tertiary/aromatic N) is 1. The van der Waals surface area contributed by atoms with Crippen LogP contribution in [0.25, 0.3) is 0 Å². The predicted molar refractivity (Wildman–Crippen MR) is 56.9 cm³/mol. The molecule has 7 heteroatoms. The highest BCUT2D eigenvalue weighted by Crippen LogP contribution is 2.40. The molecular formula is C10H10ClF3N2O. The van der Waals surface area contributed by atoms with E-state index in [9.17, 15) is 13.2 Å². The monoisotopic (exact) mass is 266 g/mol. The zero-order valence-corrected chi connectivity index (χ0v) is 9.44. The number of hydrogen-bond donors (Lipinski definition) is 2. The molecule has 2 N–H and O–H groups in total. The number of nitrogens with one attached hydrogen (secondary N) is 1. The summed E-state index contributed by atoms with van der Waals surface area (Å²) in [5, 5.41) is 11.8. The number of rotatable bonds is 3. The Kier molecular flexibility index (Phi) is 2.95. The second kappa shape index (κ2) is 4.03. The van der Waals surface area contributed by atoms with Crippen LogP contribution in [0.5, 0.6) is 0 Å². The summed E-state index contributed by atoms with van der Waals surface area (Å²) in [7, 11) is 0. The summed E-state index contributed by atoms with van der Waals surface area (Å²) in [4.78, 5) is 3.64. The van der Waals surface area contributed by atoms with E-state index in [4.69, 9.17) is 16.7 Å². The molecule has 0 aliphatic heterocycles. The van der Waals surface area contributed by atoms with Crippen molar-refractivity contribution in [2.24, 2.45) is 0 Å². The van der Waals surface area contributed by atoms with Crippen molar-refractivity contribution >= 4 is 17.4 Å². The van der Waals surface area contributed by atoms with Crippen molar-refractivity contribution in [3.63, 3.8) is 0 Å². The van der Waals surface area contributed by atoms with Crippen molar-refractivity contribution < 1.29 is 18.3 Å². The Morgan fingerprint density at radius 2 is 2.12 bits per heavy atom. The van der Waals surface area contributed by atoms with Gasteiger partial charge in [0.25, 0.3) is 0 Å². The maximum absolute atomic E-state index is 12.4. The first-order valence-electron chi connectivity index (χ1n) is 4.98. The Morgan fingerprint density at radius 3 is 2.53 bits per heavy atom. The number of aromatic nitrogens is 1. The van der Waals surface area contributed by atoms with Gasteiger partial charge in [0.15, 0.2) is 0 Å². The van der Waals surface area contributed by atoms with Gasteiger partial charge in [0.2, 0.25) is 0 Å². The Labute approximate surface area is 101 Å². The van der Waals surface area contributed by atoms with Crippen LogP contribution in [-0.2, 0) is 6.18 Å². The molecule has 17 heavy (non-hydrogen) atoms. The Bertz CT molecular complexity index is 432. The summed E-state index contributed by atoms with van der Waals surface area (Å²) < 4.78 is 37.1. The SMILES string of the molecule is OCC1(Nc2ncc(C(F)(F)F)cc2Cl)CC1. The molecule has 1 saturated carbocycles. The van der Waals surface area contributed by atoms with Gasteiger partial charge in [-0.2, -0.15) is 13.2 Å². The zero-order valence-electron chi connectivity index (χ0n) is 8.68. The minimum absolute atomic E-state index is 0.0912. The number of anilines is 1. The smallest absolute Gasteiger partial charge is 0.394 e. The van der Waals surface area contributed by atoms with Crippen molar-refractivity contribution in [2.75, 3.05) is 11.9 Å². The van der Waals surface area contributed by atoms with Gasteiger partial charge in [-0.1, -0.05) is 11.6 Å². The van der Waals surface area contributed by atoms with Crippen molar-refractivity contribution in [1.82, 2.24) is 4.98 Å². The molecule has 1 aliphatic carbocycles. The van der Waals surface area contributed by atoms with E-state index < -0.39 is 17.3 Å². The number of alkyl halides is 3. The molecule has 0 saturated heterocycles. The minimum atomic E-state index is -4.45. The van der Waals surface area contributed by atoms with Crippen LogP contribution < -0.4 is 5.32 Å². The normalized spacial score (nSPS) is 17.9. The van der Waals surface area contributed by atoms with Crippen LogP contribution in [0, 0.1) is 0 Å². The molecular weight excluding hydrogens is 257 g/mol. The zero-order chi connectivity index (χ0) is 12.7. The lowest BCUT2D eigenvalue weighted by Crippen LogP contribution is -2.26. The lowest BCUT2D eigenvalue weighted by atomic mass is 10.2. The lowest BCUT2D eigenvalue weighted by molar-refractivity contribution is -0.137. The molecule has 0 spiro atoms. The van der Waals surface area contributed by atoms with Crippen molar-refractivity contribution in [3.8, 4) is 0 Å². The van der Waals surface area contributed by atoms with Gasteiger partial charge in [-0.25, -0.2) is 4.98 Å². The third-order valence-electron chi connectivity index (χ3n) is 2.71. The topological polar surface area (TPSA) is 45.1 Å². The third-order valence-corrected chi connectivity index (χ3v) is 3.00. The first kappa shape index (κ1) is 12.4. The molecule has 1 aromatic rings. The number of pyridine rings is 1. The van der Waals surface area contributed by atoms with Gasteiger partial charge in [0.05, 0.1) is 22.7 Å². The van der Waals surface area contributed by atoms with Crippen molar-refractivity contribution in [2.45, 2.75) is 24.6 Å². The van der Waals surface area contributed by atoms with E-state index in [2.05, 4.69) is 10.3 Å². The van der Waals surface area contributed by atoms with Crippen molar-refractivity contribution in [1.29, 1.82) is 0 Å². The fraction of sp³-hybridized carbons (Fsp3) is 0.500. The molecule has 0 bridgehead atoms. The molecule has 1 fully saturated rings. The van der Waals surface area contributed by atoms with Crippen LogP contribution in [0.4, 0.5) is 19.0 Å². The van der Waals surface area contributed by atoms with Crippen LogP contribution in [0.2, 0.25) is 5.02 Å². The van der Waals surface area contributed by atoms with E-state index in [-0.39, 0.29) is 17.4 Å².